The van der Waals surface area contributed by atoms with Crippen LogP contribution < -0.4 is 11.5 Å². The smallest absolute Gasteiger partial charge is 0.191 e. The summed E-state index contributed by atoms with van der Waals surface area (Å²) < 4.78 is 13.5. The van der Waals surface area contributed by atoms with E-state index in [-0.39, 0.29) is 11.0 Å². The lowest BCUT2D eigenvalue weighted by atomic mass is 9.98. The number of nitrogens with two attached hydrogens (primary N) is 2. The molecule has 4 N–H and O–H groups in total. The number of hydrogen-bond donors (Lipinski definition) is 2. The van der Waals surface area contributed by atoms with Crippen LogP contribution >= 0.6 is 23.2 Å². The third-order valence-electron chi connectivity index (χ3n) is 3.89. The Kier molecular flexibility index (Phi) is 4.85. The fourth-order valence-corrected chi connectivity index (χ4v) is 3.23. The maximum atomic E-state index is 13.5. The Morgan fingerprint density at radius 3 is 2.54 bits per heavy atom. The molecule has 0 aliphatic heterocycles. The molecule has 0 radical (unpaired) electrons. The standard InChI is InChI=1S/C19H15Cl2FN4/c1-9(26-19(23)24)11-3-6-16-14(7-11)17(18(21)10(2)25-16)13-5-4-12(22)8-15(13)20/h3-8H,1H2,2H3,(H4,23,24,26). The van der Waals surface area contributed by atoms with Gasteiger partial charge in [-0.2, -0.15) is 0 Å². The van der Waals surface area contributed by atoms with Crippen LogP contribution in [-0.4, -0.2) is 10.9 Å². The molecule has 3 rings (SSSR count). The average Bonchev–Trinajstić information content (AvgIpc) is 2.56. The van der Waals surface area contributed by atoms with Crippen molar-refractivity contribution >= 4 is 45.8 Å². The van der Waals surface area contributed by atoms with Gasteiger partial charge in [-0.25, -0.2) is 9.38 Å². The van der Waals surface area contributed by atoms with Gasteiger partial charge < -0.3 is 11.5 Å². The number of pyridine rings is 1. The Bertz CT molecular complexity index is 1070. The molecular formula is C19H15Cl2FN4. The summed E-state index contributed by atoms with van der Waals surface area (Å²) in [4.78, 5) is 8.48. The van der Waals surface area contributed by atoms with E-state index >= 15 is 0 Å². The summed E-state index contributed by atoms with van der Waals surface area (Å²) in [7, 11) is 0. The number of aliphatic imine (C=N–C) groups is 1. The van der Waals surface area contributed by atoms with Crippen molar-refractivity contribution in [1.82, 2.24) is 4.98 Å². The van der Waals surface area contributed by atoms with Gasteiger partial charge in [0.15, 0.2) is 5.96 Å². The van der Waals surface area contributed by atoms with Crippen LogP contribution in [0.2, 0.25) is 10.0 Å². The number of aryl methyl sites for hydroxylation is 1. The molecule has 0 bridgehead atoms. The highest BCUT2D eigenvalue weighted by molar-refractivity contribution is 6.38. The quantitative estimate of drug-likeness (QED) is 0.494. The van der Waals surface area contributed by atoms with E-state index < -0.39 is 5.82 Å². The highest BCUT2D eigenvalue weighted by Gasteiger charge is 2.17. The zero-order valence-corrected chi connectivity index (χ0v) is 15.4. The van der Waals surface area contributed by atoms with Crippen LogP contribution in [0.1, 0.15) is 11.3 Å². The zero-order chi connectivity index (χ0) is 19.0. The Morgan fingerprint density at radius 1 is 1.15 bits per heavy atom. The Hall–Kier alpha value is -2.63. The number of nitrogens with zero attached hydrogens (tertiary/aromatic N) is 2. The van der Waals surface area contributed by atoms with E-state index in [0.29, 0.717) is 38.6 Å². The van der Waals surface area contributed by atoms with Gasteiger partial charge in [0, 0.05) is 22.1 Å². The molecule has 3 aromatic rings. The van der Waals surface area contributed by atoms with Crippen molar-refractivity contribution in [3.05, 3.63) is 70.1 Å². The van der Waals surface area contributed by atoms with Gasteiger partial charge in [-0.05, 0) is 37.3 Å². The number of halogens is 3. The molecule has 0 unspecified atom stereocenters. The zero-order valence-electron chi connectivity index (χ0n) is 13.9. The van der Waals surface area contributed by atoms with Crippen molar-refractivity contribution in [3.63, 3.8) is 0 Å². The van der Waals surface area contributed by atoms with E-state index in [4.69, 9.17) is 34.7 Å². The minimum atomic E-state index is -0.424. The molecule has 0 amide bonds. The number of guanidine groups is 1. The van der Waals surface area contributed by atoms with Gasteiger partial charge in [-0.1, -0.05) is 35.8 Å². The van der Waals surface area contributed by atoms with Crippen LogP contribution in [0.25, 0.3) is 27.7 Å². The van der Waals surface area contributed by atoms with E-state index in [1.807, 2.05) is 18.2 Å². The molecule has 1 aromatic heterocycles. The topological polar surface area (TPSA) is 77.3 Å². The van der Waals surface area contributed by atoms with Crippen molar-refractivity contribution in [2.75, 3.05) is 0 Å². The molecule has 0 aliphatic rings. The first-order valence-electron chi connectivity index (χ1n) is 7.62. The SMILES string of the molecule is C=C(N=C(N)N)c1ccc2nc(C)c(Cl)c(-c3ccc(F)cc3Cl)c2c1. The van der Waals surface area contributed by atoms with Crippen LogP contribution in [0.15, 0.2) is 48.0 Å². The van der Waals surface area contributed by atoms with Gasteiger partial charge in [0.05, 0.1) is 27.0 Å². The lowest BCUT2D eigenvalue weighted by Gasteiger charge is -2.14. The number of hydrogen-bond acceptors (Lipinski definition) is 2. The molecule has 26 heavy (non-hydrogen) atoms. The Labute approximate surface area is 160 Å². The summed E-state index contributed by atoms with van der Waals surface area (Å²) in [6.07, 6.45) is 0. The predicted octanol–water partition coefficient (Wildman–Crippen LogP) is 4.90. The largest absolute Gasteiger partial charge is 0.370 e. The molecule has 0 spiro atoms. The highest BCUT2D eigenvalue weighted by Crippen LogP contribution is 2.40. The van der Waals surface area contributed by atoms with Crippen molar-refractivity contribution in [2.24, 2.45) is 16.5 Å². The second kappa shape index (κ2) is 6.94. The third-order valence-corrected chi connectivity index (χ3v) is 4.66. The Morgan fingerprint density at radius 2 is 1.88 bits per heavy atom. The second-order valence-corrected chi connectivity index (χ2v) is 6.51. The second-order valence-electron chi connectivity index (χ2n) is 5.73. The molecule has 7 heteroatoms. The first-order chi connectivity index (χ1) is 12.3. The number of benzene rings is 2. The molecule has 0 aliphatic carbocycles. The maximum Gasteiger partial charge on any atom is 0.191 e. The molecule has 0 saturated carbocycles. The molecule has 132 valence electrons. The molecule has 2 aromatic carbocycles. The van der Waals surface area contributed by atoms with E-state index in [1.54, 1.807) is 13.0 Å². The first-order valence-corrected chi connectivity index (χ1v) is 8.37. The third kappa shape index (κ3) is 3.36. The maximum absolute atomic E-state index is 13.5. The normalized spacial score (nSPS) is 10.8. The summed E-state index contributed by atoms with van der Waals surface area (Å²) in [5.74, 6) is -0.510. The summed E-state index contributed by atoms with van der Waals surface area (Å²) in [5, 5.41) is 1.43. The van der Waals surface area contributed by atoms with Gasteiger partial charge in [0.25, 0.3) is 0 Å². The lowest BCUT2D eigenvalue weighted by Crippen LogP contribution is -2.22. The van der Waals surface area contributed by atoms with Crippen LogP contribution in [0.3, 0.4) is 0 Å². The van der Waals surface area contributed by atoms with E-state index in [9.17, 15) is 4.39 Å². The van der Waals surface area contributed by atoms with E-state index in [2.05, 4.69) is 16.6 Å². The monoisotopic (exact) mass is 388 g/mol. The number of aromatic nitrogens is 1. The molecule has 0 atom stereocenters. The van der Waals surface area contributed by atoms with Gasteiger partial charge >= 0.3 is 0 Å². The molecule has 4 nitrogen and oxygen atoms in total. The van der Waals surface area contributed by atoms with Crippen LogP contribution in [-0.2, 0) is 0 Å². The predicted molar refractivity (Wildman–Crippen MR) is 107 cm³/mol. The van der Waals surface area contributed by atoms with Gasteiger partial charge in [-0.15, -0.1) is 0 Å². The van der Waals surface area contributed by atoms with Crippen molar-refractivity contribution in [2.45, 2.75) is 6.92 Å². The minimum Gasteiger partial charge on any atom is -0.370 e. The lowest BCUT2D eigenvalue weighted by molar-refractivity contribution is 0.628. The van der Waals surface area contributed by atoms with Gasteiger partial charge in [-0.3, -0.25) is 4.98 Å². The fourth-order valence-electron chi connectivity index (χ4n) is 2.72. The molecular weight excluding hydrogens is 374 g/mol. The first kappa shape index (κ1) is 18.2. The minimum absolute atomic E-state index is 0.0861. The van der Waals surface area contributed by atoms with Crippen molar-refractivity contribution in [3.8, 4) is 11.1 Å². The van der Waals surface area contributed by atoms with Crippen LogP contribution in [0.5, 0.6) is 0 Å². The van der Waals surface area contributed by atoms with Crippen LogP contribution in [0.4, 0.5) is 4.39 Å². The van der Waals surface area contributed by atoms with Gasteiger partial charge in [0.2, 0.25) is 0 Å². The molecule has 1 heterocycles. The van der Waals surface area contributed by atoms with E-state index in [0.717, 1.165) is 5.39 Å². The Balaban J connectivity index is 2.34. The molecule has 0 fully saturated rings. The summed E-state index contributed by atoms with van der Waals surface area (Å²) in [6, 6.07) is 9.64. The molecule has 0 saturated heterocycles. The van der Waals surface area contributed by atoms with Crippen LogP contribution in [0, 0.1) is 12.7 Å². The van der Waals surface area contributed by atoms with Crippen molar-refractivity contribution in [1.29, 1.82) is 0 Å². The van der Waals surface area contributed by atoms with Crippen molar-refractivity contribution < 1.29 is 4.39 Å². The number of fused-ring (bicyclic) bond motifs is 1. The summed E-state index contributed by atoms with van der Waals surface area (Å²) >= 11 is 12.8. The summed E-state index contributed by atoms with van der Waals surface area (Å²) in [5.41, 5.74) is 14.6. The number of rotatable bonds is 3. The highest BCUT2D eigenvalue weighted by atomic mass is 35.5. The summed E-state index contributed by atoms with van der Waals surface area (Å²) in [6.45, 7) is 5.67. The average molecular weight is 389 g/mol. The van der Waals surface area contributed by atoms with Gasteiger partial charge in [0.1, 0.15) is 5.82 Å². The fraction of sp³-hybridized carbons (Fsp3) is 0.0526. The van der Waals surface area contributed by atoms with E-state index in [1.165, 1.54) is 12.1 Å².